The van der Waals surface area contributed by atoms with Crippen LogP contribution in [0.25, 0.3) is 0 Å². The minimum absolute atomic E-state index is 0.0716. The van der Waals surface area contributed by atoms with Crippen molar-refractivity contribution in [2.24, 2.45) is 5.73 Å². The van der Waals surface area contributed by atoms with E-state index in [0.717, 1.165) is 18.7 Å². The number of rotatable bonds is 4. The fourth-order valence-corrected chi connectivity index (χ4v) is 1.99. The van der Waals surface area contributed by atoms with E-state index >= 15 is 0 Å². The first-order valence-electron chi connectivity index (χ1n) is 6.02. The minimum atomic E-state index is 0.0716. The SMILES string of the molecule is CC[C@@H](N)c1cncn1Cc1cccc(C)c1. The van der Waals surface area contributed by atoms with Gasteiger partial charge in [-0.25, -0.2) is 4.98 Å². The summed E-state index contributed by atoms with van der Waals surface area (Å²) in [6, 6.07) is 8.59. The summed E-state index contributed by atoms with van der Waals surface area (Å²) >= 11 is 0. The number of aromatic nitrogens is 2. The molecular formula is C14H19N3. The molecule has 17 heavy (non-hydrogen) atoms. The molecule has 0 spiro atoms. The molecule has 1 atom stereocenters. The van der Waals surface area contributed by atoms with Crippen molar-refractivity contribution in [1.29, 1.82) is 0 Å². The molecule has 2 aromatic rings. The molecular weight excluding hydrogens is 210 g/mol. The highest BCUT2D eigenvalue weighted by Gasteiger charge is 2.09. The van der Waals surface area contributed by atoms with Gasteiger partial charge < -0.3 is 10.3 Å². The Bertz CT molecular complexity index is 488. The molecule has 0 fully saturated rings. The molecule has 0 saturated carbocycles. The summed E-state index contributed by atoms with van der Waals surface area (Å²) in [6.07, 6.45) is 4.65. The fourth-order valence-electron chi connectivity index (χ4n) is 1.99. The second-order valence-corrected chi connectivity index (χ2v) is 4.45. The molecule has 1 heterocycles. The fraction of sp³-hybridized carbons (Fsp3) is 0.357. The zero-order chi connectivity index (χ0) is 12.3. The highest BCUT2D eigenvalue weighted by molar-refractivity contribution is 5.23. The highest BCUT2D eigenvalue weighted by atomic mass is 15.1. The minimum Gasteiger partial charge on any atom is -0.329 e. The standard InChI is InChI=1S/C14H19N3/c1-3-13(15)14-8-16-10-17(14)9-12-6-4-5-11(2)7-12/h4-8,10,13H,3,9,15H2,1-2H3/t13-/m1/s1. The summed E-state index contributed by atoms with van der Waals surface area (Å²) in [5.74, 6) is 0. The summed E-state index contributed by atoms with van der Waals surface area (Å²) in [7, 11) is 0. The second-order valence-electron chi connectivity index (χ2n) is 4.45. The Labute approximate surface area is 102 Å². The van der Waals surface area contributed by atoms with Gasteiger partial charge in [-0.2, -0.15) is 0 Å². The van der Waals surface area contributed by atoms with E-state index in [9.17, 15) is 0 Å². The molecule has 1 aromatic heterocycles. The van der Waals surface area contributed by atoms with E-state index < -0.39 is 0 Å². The Morgan fingerprint density at radius 3 is 2.94 bits per heavy atom. The van der Waals surface area contributed by atoms with Crippen LogP contribution in [0.1, 0.15) is 36.2 Å². The third-order valence-corrected chi connectivity index (χ3v) is 3.00. The Morgan fingerprint density at radius 2 is 2.24 bits per heavy atom. The van der Waals surface area contributed by atoms with Crippen LogP contribution in [0.5, 0.6) is 0 Å². The van der Waals surface area contributed by atoms with Crippen molar-refractivity contribution in [3.05, 3.63) is 53.6 Å². The average Bonchev–Trinajstić information content (AvgIpc) is 2.76. The summed E-state index contributed by atoms with van der Waals surface area (Å²) in [6.45, 7) is 5.04. The van der Waals surface area contributed by atoms with Gasteiger partial charge in [0.05, 0.1) is 12.0 Å². The van der Waals surface area contributed by atoms with Crippen molar-refractivity contribution >= 4 is 0 Å². The van der Waals surface area contributed by atoms with E-state index in [1.165, 1.54) is 11.1 Å². The lowest BCUT2D eigenvalue weighted by Gasteiger charge is -2.13. The normalized spacial score (nSPS) is 12.6. The lowest BCUT2D eigenvalue weighted by Crippen LogP contribution is -2.14. The summed E-state index contributed by atoms with van der Waals surface area (Å²) in [5.41, 5.74) is 9.73. The summed E-state index contributed by atoms with van der Waals surface area (Å²) in [5, 5.41) is 0. The lowest BCUT2D eigenvalue weighted by molar-refractivity contribution is 0.618. The Hall–Kier alpha value is -1.61. The number of hydrogen-bond donors (Lipinski definition) is 1. The summed E-state index contributed by atoms with van der Waals surface area (Å²) < 4.78 is 2.13. The van der Waals surface area contributed by atoms with Crippen molar-refractivity contribution in [3.63, 3.8) is 0 Å². The van der Waals surface area contributed by atoms with Crippen LogP contribution in [-0.2, 0) is 6.54 Å². The van der Waals surface area contributed by atoms with Crippen LogP contribution < -0.4 is 5.73 Å². The van der Waals surface area contributed by atoms with Crippen LogP contribution in [0, 0.1) is 6.92 Å². The highest BCUT2D eigenvalue weighted by Crippen LogP contribution is 2.15. The van der Waals surface area contributed by atoms with Crippen molar-refractivity contribution in [3.8, 4) is 0 Å². The number of nitrogens with two attached hydrogens (primary N) is 1. The van der Waals surface area contributed by atoms with E-state index in [1.54, 1.807) is 0 Å². The van der Waals surface area contributed by atoms with Crippen molar-refractivity contribution in [2.75, 3.05) is 0 Å². The molecule has 3 heteroatoms. The number of nitrogens with zero attached hydrogens (tertiary/aromatic N) is 2. The molecule has 1 aromatic carbocycles. The van der Waals surface area contributed by atoms with E-state index in [0.29, 0.717) is 0 Å². The van der Waals surface area contributed by atoms with Gasteiger partial charge in [0, 0.05) is 18.8 Å². The largest absolute Gasteiger partial charge is 0.329 e. The van der Waals surface area contributed by atoms with Crippen LogP contribution in [0.4, 0.5) is 0 Å². The first kappa shape index (κ1) is 11.9. The number of imidazole rings is 1. The van der Waals surface area contributed by atoms with Gasteiger partial charge in [0.2, 0.25) is 0 Å². The molecule has 0 radical (unpaired) electrons. The zero-order valence-corrected chi connectivity index (χ0v) is 10.4. The maximum absolute atomic E-state index is 6.06. The Morgan fingerprint density at radius 1 is 1.41 bits per heavy atom. The number of benzene rings is 1. The first-order chi connectivity index (χ1) is 8.20. The van der Waals surface area contributed by atoms with Gasteiger partial charge >= 0.3 is 0 Å². The quantitative estimate of drug-likeness (QED) is 0.876. The Kier molecular flexibility index (Phi) is 3.59. The van der Waals surface area contributed by atoms with E-state index in [1.807, 2.05) is 12.5 Å². The zero-order valence-electron chi connectivity index (χ0n) is 10.4. The van der Waals surface area contributed by atoms with Crippen LogP contribution in [0.15, 0.2) is 36.8 Å². The first-order valence-corrected chi connectivity index (χ1v) is 6.02. The van der Waals surface area contributed by atoms with Crippen molar-refractivity contribution in [1.82, 2.24) is 9.55 Å². The smallest absolute Gasteiger partial charge is 0.0951 e. The molecule has 0 aliphatic carbocycles. The van der Waals surface area contributed by atoms with Crippen LogP contribution in [0.2, 0.25) is 0 Å². The van der Waals surface area contributed by atoms with Crippen molar-refractivity contribution < 1.29 is 0 Å². The topological polar surface area (TPSA) is 43.8 Å². The van der Waals surface area contributed by atoms with Gasteiger partial charge in [0.25, 0.3) is 0 Å². The van der Waals surface area contributed by atoms with E-state index in [4.69, 9.17) is 5.73 Å². The number of hydrogen-bond acceptors (Lipinski definition) is 2. The van der Waals surface area contributed by atoms with Gasteiger partial charge in [-0.15, -0.1) is 0 Å². The molecule has 90 valence electrons. The van der Waals surface area contributed by atoms with Crippen molar-refractivity contribution in [2.45, 2.75) is 32.9 Å². The lowest BCUT2D eigenvalue weighted by atomic mass is 10.1. The van der Waals surface area contributed by atoms with E-state index in [2.05, 4.69) is 47.7 Å². The molecule has 0 aliphatic heterocycles. The second kappa shape index (κ2) is 5.15. The van der Waals surface area contributed by atoms with Gasteiger partial charge in [-0.3, -0.25) is 0 Å². The molecule has 2 rings (SSSR count). The third-order valence-electron chi connectivity index (χ3n) is 3.00. The average molecular weight is 229 g/mol. The molecule has 2 N–H and O–H groups in total. The maximum Gasteiger partial charge on any atom is 0.0951 e. The van der Waals surface area contributed by atoms with Crippen LogP contribution >= 0.6 is 0 Å². The predicted molar refractivity (Wildman–Crippen MR) is 69.7 cm³/mol. The number of aryl methyl sites for hydroxylation is 1. The molecule has 0 amide bonds. The third kappa shape index (κ3) is 2.74. The molecule has 3 nitrogen and oxygen atoms in total. The molecule has 0 aliphatic rings. The molecule has 0 unspecified atom stereocenters. The van der Waals surface area contributed by atoms with Gasteiger partial charge in [0.1, 0.15) is 0 Å². The van der Waals surface area contributed by atoms with Gasteiger partial charge in [-0.05, 0) is 18.9 Å². The molecule has 0 saturated heterocycles. The predicted octanol–water partition coefficient (Wildman–Crippen LogP) is 2.65. The molecule has 0 bridgehead atoms. The monoisotopic (exact) mass is 229 g/mol. The Balaban J connectivity index is 2.22. The van der Waals surface area contributed by atoms with Crippen LogP contribution in [0.3, 0.4) is 0 Å². The van der Waals surface area contributed by atoms with E-state index in [-0.39, 0.29) is 6.04 Å². The maximum atomic E-state index is 6.06. The summed E-state index contributed by atoms with van der Waals surface area (Å²) in [4.78, 5) is 4.19. The van der Waals surface area contributed by atoms with Crippen LogP contribution in [-0.4, -0.2) is 9.55 Å². The van der Waals surface area contributed by atoms with Gasteiger partial charge in [-0.1, -0.05) is 36.8 Å². The van der Waals surface area contributed by atoms with Gasteiger partial charge in [0.15, 0.2) is 0 Å².